The lowest BCUT2D eigenvalue weighted by Gasteiger charge is -2.09. The second-order valence-electron chi connectivity index (χ2n) is 11.7. The van der Waals surface area contributed by atoms with Gasteiger partial charge in [-0.3, -0.25) is 0 Å². The van der Waals surface area contributed by atoms with E-state index >= 15 is 0 Å². The Bertz CT molecular complexity index is 516. The molecule has 0 spiro atoms. The Balaban J connectivity index is 1.83. The van der Waals surface area contributed by atoms with E-state index in [1.807, 2.05) is 0 Å². The molecule has 2 nitrogen and oxygen atoms in total. The number of ether oxygens (including phenoxy) is 2. The van der Waals surface area contributed by atoms with Gasteiger partial charge in [-0.1, -0.05) is 168 Å². The van der Waals surface area contributed by atoms with Crippen LogP contribution in [0.2, 0.25) is 0 Å². The minimum atomic E-state index is 0.830. The molecule has 0 saturated carbocycles. The first kappa shape index (κ1) is 34.8. The van der Waals surface area contributed by atoms with Crippen molar-refractivity contribution in [3.8, 4) is 11.5 Å². The summed E-state index contributed by atoms with van der Waals surface area (Å²) in [6.07, 6.45) is 36.1. The van der Waals surface area contributed by atoms with Crippen molar-refractivity contribution in [3.63, 3.8) is 0 Å². The lowest BCUT2D eigenvalue weighted by atomic mass is 10.0. The lowest BCUT2D eigenvalue weighted by Crippen LogP contribution is -1.99. The molecule has 0 unspecified atom stereocenters. The highest BCUT2D eigenvalue weighted by atomic mass is 16.5. The first-order valence-electron chi connectivity index (χ1n) is 17.2. The van der Waals surface area contributed by atoms with Crippen molar-refractivity contribution in [2.45, 2.75) is 181 Å². The van der Waals surface area contributed by atoms with Crippen molar-refractivity contribution in [3.05, 3.63) is 24.3 Å². The van der Waals surface area contributed by atoms with Crippen LogP contribution in [0.3, 0.4) is 0 Å². The Hall–Kier alpha value is -1.18. The maximum Gasteiger partial charge on any atom is 0.119 e. The maximum atomic E-state index is 5.93. The maximum absolute atomic E-state index is 5.93. The number of hydrogen-bond donors (Lipinski definition) is 0. The van der Waals surface area contributed by atoms with E-state index in [1.165, 1.54) is 154 Å². The highest BCUT2D eigenvalue weighted by molar-refractivity contribution is 5.31. The molecule has 2 heteroatoms. The van der Waals surface area contributed by atoms with Gasteiger partial charge in [-0.25, -0.2) is 0 Å². The quantitative estimate of drug-likeness (QED) is 0.0921. The molecular weight excluding hydrogens is 464 g/mol. The normalized spacial score (nSPS) is 11.2. The molecule has 0 aliphatic heterocycles. The van der Waals surface area contributed by atoms with E-state index in [0.29, 0.717) is 0 Å². The minimum absolute atomic E-state index is 0.830. The van der Waals surface area contributed by atoms with Crippen molar-refractivity contribution in [2.24, 2.45) is 0 Å². The molecule has 0 aliphatic carbocycles. The molecule has 222 valence electrons. The van der Waals surface area contributed by atoms with Gasteiger partial charge < -0.3 is 9.47 Å². The highest BCUT2D eigenvalue weighted by Gasteiger charge is 1.99. The van der Waals surface area contributed by atoms with E-state index in [2.05, 4.69) is 38.1 Å². The summed E-state index contributed by atoms with van der Waals surface area (Å²) in [4.78, 5) is 0. The van der Waals surface area contributed by atoms with Crippen LogP contribution in [0.4, 0.5) is 0 Å². The molecule has 0 bridgehead atoms. The summed E-state index contributed by atoms with van der Waals surface area (Å²) in [6.45, 7) is 6.24. The average molecular weight is 531 g/mol. The zero-order valence-corrected chi connectivity index (χ0v) is 25.9. The van der Waals surface area contributed by atoms with Gasteiger partial charge in [0, 0.05) is 0 Å². The fraction of sp³-hybridized carbons (Fsp3) is 0.833. The van der Waals surface area contributed by atoms with Gasteiger partial charge in [-0.2, -0.15) is 0 Å². The molecule has 0 saturated heterocycles. The average Bonchev–Trinajstić information content (AvgIpc) is 2.94. The van der Waals surface area contributed by atoms with Crippen molar-refractivity contribution in [1.82, 2.24) is 0 Å². The molecule has 0 aliphatic rings. The van der Waals surface area contributed by atoms with Gasteiger partial charge in [-0.05, 0) is 37.1 Å². The van der Waals surface area contributed by atoms with Crippen LogP contribution < -0.4 is 9.47 Å². The monoisotopic (exact) mass is 531 g/mol. The van der Waals surface area contributed by atoms with Crippen molar-refractivity contribution >= 4 is 0 Å². The van der Waals surface area contributed by atoms with Crippen LogP contribution in [-0.4, -0.2) is 13.2 Å². The number of benzene rings is 1. The molecule has 0 atom stereocenters. The third-order valence-electron chi connectivity index (χ3n) is 7.86. The van der Waals surface area contributed by atoms with E-state index < -0.39 is 0 Å². The first-order valence-corrected chi connectivity index (χ1v) is 17.2. The Morgan fingerprint density at radius 2 is 0.526 bits per heavy atom. The van der Waals surface area contributed by atoms with Crippen LogP contribution in [0.1, 0.15) is 181 Å². The Morgan fingerprint density at radius 1 is 0.316 bits per heavy atom. The van der Waals surface area contributed by atoms with E-state index in [1.54, 1.807) is 0 Å². The van der Waals surface area contributed by atoms with E-state index in [4.69, 9.17) is 9.47 Å². The van der Waals surface area contributed by atoms with Gasteiger partial charge in [-0.15, -0.1) is 0 Å². The molecule has 0 heterocycles. The van der Waals surface area contributed by atoms with E-state index in [9.17, 15) is 0 Å². The molecule has 1 aromatic carbocycles. The molecule has 38 heavy (non-hydrogen) atoms. The number of unbranched alkanes of at least 4 members (excludes halogenated alkanes) is 24. The predicted molar refractivity (Wildman–Crippen MR) is 169 cm³/mol. The van der Waals surface area contributed by atoms with Crippen LogP contribution in [-0.2, 0) is 0 Å². The van der Waals surface area contributed by atoms with Crippen molar-refractivity contribution in [2.75, 3.05) is 13.2 Å². The second kappa shape index (κ2) is 28.8. The van der Waals surface area contributed by atoms with Gasteiger partial charge in [0.1, 0.15) is 11.5 Å². The van der Waals surface area contributed by atoms with Gasteiger partial charge >= 0.3 is 0 Å². The summed E-state index contributed by atoms with van der Waals surface area (Å²) < 4.78 is 11.9. The molecule has 0 amide bonds. The number of rotatable bonds is 30. The van der Waals surface area contributed by atoms with Gasteiger partial charge in [0.25, 0.3) is 0 Å². The van der Waals surface area contributed by atoms with Crippen molar-refractivity contribution < 1.29 is 9.47 Å². The van der Waals surface area contributed by atoms with Crippen LogP contribution in [0.15, 0.2) is 24.3 Å². The van der Waals surface area contributed by atoms with Gasteiger partial charge in [0.15, 0.2) is 0 Å². The van der Waals surface area contributed by atoms with Gasteiger partial charge in [0.2, 0.25) is 0 Å². The smallest absolute Gasteiger partial charge is 0.119 e. The topological polar surface area (TPSA) is 18.5 Å². The second-order valence-corrected chi connectivity index (χ2v) is 11.7. The molecule has 0 radical (unpaired) electrons. The SMILES string of the molecule is CCCCCCCCCCCCCCCOc1ccc(OCCCCCCCCCCCCCCC)cc1. The number of hydrogen-bond acceptors (Lipinski definition) is 2. The fourth-order valence-corrected chi connectivity index (χ4v) is 5.25. The summed E-state index contributed by atoms with van der Waals surface area (Å²) in [5.74, 6) is 1.94. The van der Waals surface area contributed by atoms with Crippen LogP contribution in [0, 0.1) is 0 Å². The summed E-state index contributed by atoms with van der Waals surface area (Å²) >= 11 is 0. The Morgan fingerprint density at radius 3 is 0.763 bits per heavy atom. The van der Waals surface area contributed by atoms with E-state index in [-0.39, 0.29) is 0 Å². The molecule has 1 rings (SSSR count). The van der Waals surface area contributed by atoms with Crippen LogP contribution in [0.25, 0.3) is 0 Å². The molecule has 0 aromatic heterocycles. The fourth-order valence-electron chi connectivity index (χ4n) is 5.25. The predicted octanol–water partition coefficient (Wildman–Crippen LogP) is 12.6. The zero-order valence-electron chi connectivity index (χ0n) is 25.9. The molecule has 0 N–H and O–H groups in total. The molecule has 1 aromatic rings. The Kier molecular flexibility index (Phi) is 26.4. The van der Waals surface area contributed by atoms with E-state index in [0.717, 1.165) is 37.6 Å². The van der Waals surface area contributed by atoms with Crippen LogP contribution >= 0.6 is 0 Å². The lowest BCUT2D eigenvalue weighted by molar-refractivity contribution is 0.296. The summed E-state index contributed by atoms with van der Waals surface area (Å²) in [7, 11) is 0. The minimum Gasteiger partial charge on any atom is -0.494 e. The third kappa shape index (κ3) is 23.9. The third-order valence-corrected chi connectivity index (χ3v) is 7.86. The van der Waals surface area contributed by atoms with Crippen LogP contribution in [0.5, 0.6) is 11.5 Å². The Labute approximate surface area is 239 Å². The summed E-state index contributed by atoms with van der Waals surface area (Å²) in [5, 5.41) is 0. The standard InChI is InChI=1S/C36H66O2/c1-3-5-7-9-11-13-15-17-19-21-23-25-27-33-37-35-29-31-36(32-30-35)38-34-28-26-24-22-20-18-16-14-12-10-8-6-4-2/h29-32H,3-28,33-34H2,1-2H3. The first-order chi connectivity index (χ1) is 18.9. The molecular formula is C36H66O2. The summed E-state index contributed by atoms with van der Waals surface area (Å²) in [5.41, 5.74) is 0. The van der Waals surface area contributed by atoms with Gasteiger partial charge in [0.05, 0.1) is 13.2 Å². The largest absolute Gasteiger partial charge is 0.494 e. The zero-order chi connectivity index (χ0) is 27.2. The summed E-state index contributed by atoms with van der Waals surface area (Å²) in [6, 6.07) is 8.23. The molecule has 0 fully saturated rings. The highest BCUT2D eigenvalue weighted by Crippen LogP contribution is 2.19. The van der Waals surface area contributed by atoms with Crippen molar-refractivity contribution in [1.29, 1.82) is 0 Å².